The van der Waals surface area contributed by atoms with Crippen LogP contribution in [0.1, 0.15) is 26.2 Å². The molecule has 2 rings (SSSR count). The lowest BCUT2D eigenvalue weighted by Crippen LogP contribution is -2.32. The Balaban J connectivity index is 0.000000845. The van der Waals surface area contributed by atoms with Crippen molar-refractivity contribution in [3.8, 4) is 0 Å². The van der Waals surface area contributed by atoms with Gasteiger partial charge in [-0.1, -0.05) is 0 Å². The van der Waals surface area contributed by atoms with Crippen LogP contribution in [0.5, 0.6) is 0 Å². The van der Waals surface area contributed by atoms with E-state index in [-0.39, 0.29) is 24.4 Å². The van der Waals surface area contributed by atoms with E-state index in [0.717, 1.165) is 13.0 Å². The van der Waals surface area contributed by atoms with E-state index in [2.05, 4.69) is 5.32 Å². The van der Waals surface area contributed by atoms with E-state index < -0.39 is 0 Å². The van der Waals surface area contributed by atoms with E-state index >= 15 is 0 Å². The Morgan fingerprint density at radius 2 is 2.31 bits per heavy atom. The van der Waals surface area contributed by atoms with E-state index in [1.807, 2.05) is 6.92 Å². The van der Waals surface area contributed by atoms with Crippen molar-refractivity contribution in [3.63, 3.8) is 0 Å². The fourth-order valence-electron chi connectivity index (χ4n) is 1.88. The first-order chi connectivity index (χ1) is 5.76. The first-order valence-electron chi connectivity index (χ1n) is 4.66. The second kappa shape index (κ2) is 3.84. The highest BCUT2D eigenvalue weighted by molar-refractivity contribution is 5.85. The van der Waals surface area contributed by atoms with Crippen molar-refractivity contribution in [2.75, 3.05) is 13.2 Å². The Bertz CT molecular complexity index is 204. The molecule has 76 valence electrons. The highest BCUT2D eigenvalue weighted by atomic mass is 35.5. The van der Waals surface area contributed by atoms with Crippen molar-refractivity contribution in [1.82, 2.24) is 5.32 Å². The summed E-state index contributed by atoms with van der Waals surface area (Å²) < 4.78 is 4.95. The Morgan fingerprint density at radius 3 is 2.77 bits per heavy atom. The van der Waals surface area contributed by atoms with Crippen LogP contribution in [0.3, 0.4) is 0 Å². The SMILES string of the molecule is CCOC(=O)[C@@H]1CC2(CC2)CN1.Cl. The predicted octanol–water partition coefficient (Wildman–Crippen LogP) is 1.11. The van der Waals surface area contributed by atoms with Gasteiger partial charge in [-0.2, -0.15) is 0 Å². The van der Waals surface area contributed by atoms with E-state index in [0.29, 0.717) is 12.0 Å². The van der Waals surface area contributed by atoms with Crippen LogP contribution in [0.15, 0.2) is 0 Å². The van der Waals surface area contributed by atoms with Crippen molar-refractivity contribution in [2.24, 2.45) is 5.41 Å². The summed E-state index contributed by atoms with van der Waals surface area (Å²) in [4.78, 5) is 11.3. The molecule has 0 unspecified atom stereocenters. The van der Waals surface area contributed by atoms with Gasteiger partial charge in [-0.25, -0.2) is 0 Å². The van der Waals surface area contributed by atoms with E-state index in [4.69, 9.17) is 4.74 Å². The lowest BCUT2D eigenvalue weighted by atomic mass is 10.0. The van der Waals surface area contributed by atoms with E-state index in [1.165, 1.54) is 12.8 Å². The molecule has 0 aromatic carbocycles. The van der Waals surface area contributed by atoms with Crippen LogP contribution in [0.25, 0.3) is 0 Å². The van der Waals surface area contributed by atoms with Gasteiger partial charge < -0.3 is 10.1 Å². The second-order valence-corrected chi connectivity index (χ2v) is 3.89. The van der Waals surface area contributed by atoms with Gasteiger partial charge in [0.2, 0.25) is 0 Å². The third-order valence-electron chi connectivity index (χ3n) is 2.89. The average Bonchev–Trinajstić information content (AvgIpc) is 2.62. The molecule has 1 spiro atoms. The van der Waals surface area contributed by atoms with Gasteiger partial charge in [0.25, 0.3) is 0 Å². The Morgan fingerprint density at radius 1 is 1.62 bits per heavy atom. The molecule has 1 aliphatic heterocycles. The Labute approximate surface area is 84.6 Å². The molecule has 0 amide bonds. The zero-order valence-corrected chi connectivity index (χ0v) is 8.65. The van der Waals surface area contributed by atoms with Gasteiger partial charge in [-0.15, -0.1) is 12.4 Å². The normalized spacial score (nSPS) is 28.2. The highest BCUT2D eigenvalue weighted by Crippen LogP contribution is 2.51. The molecule has 1 aliphatic carbocycles. The summed E-state index contributed by atoms with van der Waals surface area (Å²) in [6.45, 7) is 3.35. The van der Waals surface area contributed by atoms with Gasteiger partial charge >= 0.3 is 5.97 Å². The van der Waals surface area contributed by atoms with Crippen molar-refractivity contribution >= 4 is 18.4 Å². The molecule has 3 nitrogen and oxygen atoms in total. The molecule has 13 heavy (non-hydrogen) atoms. The number of esters is 1. The molecule has 1 saturated carbocycles. The monoisotopic (exact) mass is 205 g/mol. The van der Waals surface area contributed by atoms with Gasteiger partial charge in [-0.05, 0) is 31.6 Å². The third-order valence-corrected chi connectivity index (χ3v) is 2.89. The molecule has 0 radical (unpaired) electrons. The molecule has 4 heteroatoms. The number of halogens is 1. The molecule has 1 heterocycles. The minimum absolute atomic E-state index is 0. The number of hydrogen-bond donors (Lipinski definition) is 1. The van der Waals surface area contributed by atoms with Gasteiger partial charge in [0.1, 0.15) is 6.04 Å². The number of ether oxygens (including phenoxy) is 1. The summed E-state index contributed by atoms with van der Waals surface area (Å²) in [6.07, 6.45) is 3.57. The van der Waals surface area contributed by atoms with Gasteiger partial charge in [0, 0.05) is 6.54 Å². The molecular formula is C9H16ClNO2. The van der Waals surface area contributed by atoms with Crippen LogP contribution < -0.4 is 5.32 Å². The standard InChI is InChI=1S/C9H15NO2.ClH/c1-2-12-8(11)7-5-9(3-4-9)6-10-7;/h7,10H,2-6H2,1H3;1H/t7-;/m0./s1. The second-order valence-electron chi connectivity index (χ2n) is 3.89. The van der Waals surface area contributed by atoms with E-state index in [1.54, 1.807) is 0 Å². The number of carbonyl (C=O) groups excluding carboxylic acids is 1. The maximum Gasteiger partial charge on any atom is 0.323 e. The summed E-state index contributed by atoms with van der Waals surface area (Å²) in [5, 5.41) is 3.22. The molecular weight excluding hydrogens is 190 g/mol. The third kappa shape index (κ3) is 2.15. The zero-order valence-electron chi connectivity index (χ0n) is 7.84. The fourth-order valence-corrected chi connectivity index (χ4v) is 1.88. The summed E-state index contributed by atoms with van der Waals surface area (Å²) in [6, 6.07) is -0.0209. The van der Waals surface area contributed by atoms with Crippen LogP contribution in [-0.2, 0) is 9.53 Å². The lowest BCUT2D eigenvalue weighted by molar-refractivity contribution is -0.145. The van der Waals surface area contributed by atoms with Gasteiger partial charge in [0.15, 0.2) is 0 Å². The van der Waals surface area contributed by atoms with Crippen LogP contribution in [0.4, 0.5) is 0 Å². The molecule has 1 saturated heterocycles. The zero-order chi connectivity index (χ0) is 8.60. The summed E-state index contributed by atoms with van der Waals surface area (Å²) in [5.41, 5.74) is 0.484. The average molecular weight is 206 g/mol. The number of carbonyl (C=O) groups is 1. The largest absolute Gasteiger partial charge is 0.465 e. The molecule has 1 N–H and O–H groups in total. The van der Waals surface area contributed by atoms with Gasteiger partial charge in [0.05, 0.1) is 6.61 Å². The molecule has 2 fully saturated rings. The summed E-state index contributed by atoms with van der Waals surface area (Å²) in [7, 11) is 0. The van der Waals surface area contributed by atoms with Crippen molar-refractivity contribution < 1.29 is 9.53 Å². The van der Waals surface area contributed by atoms with Crippen LogP contribution in [0.2, 0.25) is 0 Å². The molecule has 1 atom stereocenters. The minimum Gasteiger partial charge on any atom is -0.465 e. The molecule has 0 aromatic heterocycles. The minimum atomic E-state index is -0.0683. The quantitative estimate of drug-likeness (QED) is 0.687. The Hall–Kier alpha value is -0.280. The summed E-state index contributed by atoms with van der Waals surface area (Å²) in [5.74, 6) is -0.0683. The van der Waals surface area contributed by atoms with E-state index in [9.17, 15) is 4.79 Å². The predicted molar refractivity (Wildman–Crippen MR) is 52.0 cm³/mol. The highest BCUT2D eigenvalue weighted by Gasteiger charge is 2.50. The smallest absolute Gasteiger partial charge is 0.323 e. The Kier molecular flexibility index (Phi) is 3.19. The number of nitrogens with one attached hydrogen (secondary N) is 1. The maximum atomic E-state index is 11.3. The molecule has 0 aromatic rings. The number of hydrogen-bond acceptors (Lipinski definition) is 3. The topological polar surface area (TPSA) is 38.3 Å². The maximum absolute atomic E-state index is 11.3. The fraction of sp³-hybridized carbons (Fsp3) is 0.889. The van der Waals surface area contributed by atoms with Gasteiger partial charge in [-0.3, -0.25) is 4.79 Å². The molecule has 0 bridgehead atoms. The number of rotatable bonds is 2. The molecule has 2 aliphatic rings. The first-order valence-corrected chi connectivity index (χ1v) is 4.66. The van der Waals surface area contributed by atoms with Crippen molar-refractivity contribution in [1.29, 1.82) is 0 Å². The van der Waals surface area contributed by atoms with Crippen LogP contribution in [-0.4, -0.2) is 25.2 Å². The lowest BCUT2D eigenvalue weighted by Gasteiger charge is -2.08. The van der Waals surface area contributed by atoms with Crippen LogP contribution >= 0.6 is 12.4 Å². The van der Waals surface area contributed by atoms with Crippen molar-refractivity contribution in [3.05, 3.63) is 0 Å². The first kappa shape index (κ1) is 10.8. The summed E-state index contributed by atoms with van der Waals surface area (Å²) >= 11 is 0. The van der Waals surface area contributed by atoms with Crippen molar-refractivity contribution in [2.45, 2.75) is 32.2 Å². The van der Waals surface area contributed by atoms with Crippen LogP contribution in [0, 0.1) is 5.41 Å².